The molecule has 0 spiro atoms. The number of sulfonamides is 1. The van der Waals surface area contributed by atoms with Gasteiger partial charge in [0.1, 0.15) is 0 Å². The predicted molar refractivity (Wildman–Crippen MR) is 173 cm³/mol. The number of hydrogen-bond acceptors (Lipinski definition) is 6. The Morgan fingerprint density at radius 2 is 1.86 bits per heavy atom. The SMILES string of the molecule is C=C(/C=C\C(Cl)=C/C)[C@@H]1[C@@H](c2cccc(Cl)c2)C[C@](C)(CC(=O)NS(C)(=O)=O)C(=O)N1[C@H](CS(=N)(=O)C(C)C)C(C)C. The minimum absolute atomic E-state index is 0.0783. The molecule has 1 saturated heterocycles. The highest BCUT2D eigenvalue weighted by atomic mass is 35.5. The van der Waals surface area contributed by atoms with Crippen molar-refractivity contribution >= 4 is 54.8 Å². The first-order valence-electron chi connectivity index (χ1n) is 13.7. The molecule has 1 aromatic carbocycles. The molecule has 0 saturated carbocycles. The van der Waals surface area contributed by atoms with E-state index in [0.29, 0.717) is 15.6 Å². The van der Waals surface area contributed by atoms with Crippen molar-refractivity contribution in [3.05, 3.63) is 70.3 Å². The van der Waals surface area contributed by atoms with E-state index in [-0.39, 0.29) is 18.1 Å². The van der Waals surface area contributed by atoms with E-state index in [9.17, 15) is 22.2 Å². The number of carbonyl (C=O) groups excluding carboxylic acids is 2. The maximum Gasteiger partial charge on any atom is 0.234 e. The topological polar surface area (TPSA) is 124 Å². The Kier molecular flexibility index (Phi) is 12.1. The third-order valence-electron chi connectivity index (χ3n) is 7.65. The Morgan fingerprint density at radius 3 is 2.36 bits per heavy atom. The molecule has 1 fully saturated rings. The normalized spacial score (nSPS) is 24.2. The molecule has 2 N–H and O–H groups in total. The Balaban J connectivity index is 2.87. The minimum Gasteiger partial charge on any atom is -0.330 e. The molecule has 1 aliphatic heterocycles. The number of benzene rings is 1. The molecule has 2 rings (SSSR count). The van der Waals surface area contributed by atoms with Crippen LogP contribution in [0.5, 0.6) is 0 Å². The summed E-state index contributed by atoms with van der Waals surface area (Å²) < 4.78 is 47.8. The van der Waals surface area contributed by atoms with Crippen LogP contribution in [0.4, 0.5) is 0 Å². The number of hydrogen-bond donors (Lipinski definition) is 2. The molecule has 1 aromatic rings. The number of piperidine rings is 1. The van der Waals surface area contributed by atoms with Crippen molar-refractivity contribution < 1.29 is 22.2 Å². The molecule has 1 heterocycles. The summed E-state index contributed by atoms with van der Waals surface area (Å²) in [5.74, 6) is -1.93. The summed E-state index contributed by atoms with van der Waals surface area (Å²) in [6.07, 6.45) is 5.81. The third kappa shape index (κ3) is 9.18. The molecule has 0 bridgehead atoms. The largest absolute Gasteiger partial charge is 0.330 e. The van der Waals surface area contributed by atoms with Gasteiger partial charge in [0, 0.05) is 43.4 Å². The number of allylic oxidation sites excluding steroid dienone is 3. The van der Waals surface area contributed by atoms with E-state index in [1.165, 1.54) is 0 Å². The van der Waals surface area contributed by atoms with Crippen LogP contribution in [0.2, 0.25) is 5.02 Å². The molecular formula is C30H43Cl2N3O5S2. The lowest BCUT2D eigenvalue weighted by Gasteiger charge is -2.53. The number of likely N-dealkylation sites (tertiary alicyclic amines) is 1. The fraction of sp³-hybridized carbons (Fsp3) is 0.533. The van der Waals surface area contributed by atoms with Crippen molar-refractivity contribution in [2.75, 3.05) is 12.0 Å². The quantitative estimate of drug-likeness (QED) is 0.257. The second kappa shape index (κ2) is 14.1. The number of carbonyl (C=O) groups is 2. The first-order chi connectivity index (χ1) is 19.2. The van der Waals surface area contributed by atoms with Gasteiger partial charge in [0.05, 0.1) is 23.5 Å². The molecule has 0 aromatic heterocycles. The van der Waals surface area contributed by atoms with E-state index < -0.39 is 66.7 Å². The molecule has 0 aliphatic carbocycles. The van der Waals surface area contributed by atoms with E-state index >= 15 is 0 Å². The van der Waals surface area contributed by atoms with Crippen LogP contribution in [0, 0.1) is 16.1 Å². The van der Waals surface area contributed by atoms with Gasteiger partial charge in [0.25, 0.3) is 0 Å². The Morgan fingerprint density at radius 1 is 1.24 bits per heavy atom. The summed E-state index contributed by atoms with van der Waals surface area (Å²) in [6, 6.07) is 5.90. The maximum atomic E-state index is 14.6. The van der Waals surface area contributed by atoms with Gasteiger partial charge >= 0.3 is 0 Å². The van der Waals surface area contributed by atoms with Gasteiger partial charge in [-0.15, -0.1) is 0 Å². The van der Waals surface area contributed by atoms with E-state index in [1.807, 2.05) is 24.6 Å². The Hall–Kier alpha value is -2.14. The highest BCUT2D eigenvalue weighted by Gasteiger charge is 2.53. The van der Waals surface area contributed by atoms with E-state index in [2.05, 4.69) is 6.58 Å². The van der Waals surface area contributed by atoms with Gasteiger partial charge < -0.3 is 4.90 Å². The first kappa shape index (κ1) is 36.1. The summed E-state index contributed by atoms with van der Waals surface area (Å²) in [5, 5.41) is 0.504. The average Bonchev–Trinajstić information content (AvgIpc) is 2.85. The highest BCUT2D eigenvalue weighted by molar-refractivity contribution is 7.93. The van der Waals surface area contributed by atoms with Crippen molar-refractivity contribution in [3.8, 4) is 0 Å². The van der Waals surface area contributed by atoms with Crippen LogP contribution in [0.15, 0.2) is 59.7 Å². The second-order valence-electron chi connectivity index (χ2n) is 11.9. The fourth-order valence-electron chi connectivity index (χ4n) is 5.31. The van der Waals surface area contributed by atoms with Crippen molar-refractivity contribution in [2.24, 2.45) is 11.3 Å². The third-order valence-corrected chi connectivity index (χ3v) is 11.2. The van der Waals surface area contributed by atoms with E-state index in [1.54, 1.807) is 69.0 Å². The van der Waals surface area contributed by atoms with Gasteiger partial charge in [0.2, 0.25) is 21.8 Å². The number of halogens is 2. The molecule has 5 atom stereocenters. The molecule has 2 amide bonds. The number of rotatable bonds is 12. The highest BCUT2D eigenvalue weighted by Crippen LogP contribution is 2.48. The molecule has 42 heavy (non-hydrogen) atoms. The van der Waals surface area contributed by atoms with E-state index in [4.69, 9.17) is 28.0 Å². The van der Waals surface area contributed by atoms with Gasteiger partial charge in [-0.2, -0.15) is 0 Å². The summed E-state index contributed by atoms with van der Waals surface area (Å²) >= 11 is 12.7. The molecule has 1 aliphatic rings. The molecule has 234 valence electrons. The maximum absolute atomic E-state index is 14.6. The number of nitrogens with zero attached hydrogens (tertiary/aromatic N) is 1. The van der Waals surface area contributed by atoms with Gasteiger partial charge in [-0.1, -0.05) is 88.7 Å². The first-order valence-corrected chi connectivity index (χ1v) is 18.2. The predicted octanol–water partition coefficient (Wildman–Crippen LogP) is 6.23. The van der Waals surface area contributed by atoms with Gasteiger partial charge in [-0.25, -0.2) is 12.6 Å². The number of amides is 2. The zero-order valence-corrected chi connectivity index (χ0v) is 28.5. The van der Waals surface area contributed by atoms with Crippen LogP contribution < -0.4 is 4.72 Å². The van der Waals surface area contributed by atoms with Gasteiger partial charge in [-0.05, 0) is 48.6 Å². The lowest BCUT2D eigenvalue weighted by Crippen LogP contribution is -2.63. The molecule has 0 radical (unpaired) electrons. The standard InChI is InChI=1S/C30H43Cl2N3O5S2/c1-9-23(31)14-13-21(6)28-25(22-11-10-12-24(32)15-22)16-30(7,17-27(36)34-41(8,38)39)29(37)35(28)26(19(2)3)18-42(33,40)20(4)5/h9-15,19-20,25-26,28,33H,6,16-18H2,1-5,7-8H3,(H,34,36)/b14-13-,23-9+/t25-,26-,28-,30-,42?/m1/s1. The van der Waals surface area contributed by atoms with Gasteiger partial charge in [-0.3, -0.25) is 19.1 Å². The van der Waals surface area contributed by atoms with Crippen molar-refractivity contribution in [1.29, 1.82) is 4.78 Å². The Labute approximate surface area is 261 Å². The smallest absolute Gasteiger partial charge is 0.234 e. The zero-order chi connectivity index (χ0) is 32.2. The lowest BCUT2D eigenvalue weighted by molar-refractivity contribution is -0.155. The summed E-state index contributed by atoms with van der Waals surface area (Å²) in [4.78, 5) is 29.2. The summed E-state index contributed by atoms with van der Waals surface area (Å²) in [7, 11) is -6.97. The van der Waals surface area contributed by atoms with Crippen molar-refractivity contribution in [1.82, 2.24) is 9.62 Å². The van der Waals surface area contributed by atoms with Crippen LogP contribution in [0.1, 0.15) is 65.9 Å². The minimum atomic E-state index is -3.85. The summed E-state index contributed by atoms with van der Waals surface area (Å²) in [5.41, 5.74) is 0.0175. The number of nitrogens with one attached hydrogen (secondary N) is 2. The monoisotopic (exact) mass is 659 g/mol. The summed E-state index contributed by atoms with van der Waals surface area (Å²) in [6.45, 7) is 15.0. The lowest BCUT2D eigenvalue weighted by atomic mass is 9.66. The molecular weight excluding hydrogens is 617 g/mol. The van der Waals surface area contributed by atoms with Crippen LogP contribution in [-0.4, -0.2) is 58.7 Å². The second-order valence-corrected chi connectivity index (χ2v) is 17.2. The van der Waals surface area contributed by atoms with Crippen LogP contribution in [-0.2, 0) is 29.3 Å². The Bertz CT molecular complexity index is 1470. The van der Waals surface area contributed by atoms with Gasteiger partial charge in [0.15, 0.2) is 0 Å². The van der Waals surface area contributed by atoms with E-state index in [0.717, 1.165) is 11.8 Å². The average molecular weight is 661 g/mol. The van der Waals surface area contributed by atoms with Crippen molar-refractivity contribution in [2.45, 2.75) is 77.6 Å². The fourth-order valence-corrected chi connectivity index (χ4v) is 7.50. The van der Waals surface area contributed by atoms with Crippen LogP contribution in [0.3, 0.4) is 0 Å². The van der Waals surface area contributed by atoms with Crippen LogP contribution >= 0.6 is 23.2 Å². The molecule has 1 unspecified atom stereocenters. The molecule has 12 heteroatoms. The zero-order valence-electron chi connectivity index (χ0n) is 25.3. The molecule has 8 nitrogen and oxygen atoms in total. The van der Waals surface area contributed by atoms with Crippen LogP contribution in [0.25, 0.3) is 0 Å². The van der Waals surface area contributed by atoms with Crippen molar-refractivity contribution in [3.63, 3.8) is 0 Å².